The predicted molar refractivity (Wildman–Crippen MR) is 83.0 cm³/mol. The highest BCUT2D eigenvalue weighted by Crippen LogP contribution is 2.28. The monoisotopic (exact) mass is 354 g/mol. The summed E-state index contributed by atoms with van der Waals surface area (Å²) in [5.74, 6) is 0.527. The van der Waals surface area contributed by atoms with Gasteiger partial charge in [-0.2, -0.15) is 13.2 Å². The van der Waals surface area contributed by atoms with Crippen LogP contribution in [0.2, 0.25) is 0 Å². The van der Waals surface area contributed by atoms with Crippen LogP contribution in [0.4, 0.5) is 19.0 Å². The molecule has 3 rings (SSSR count). The van der Waals surface area contributed by atoms with E-state index in [0.717, 1.165) is 30.1 Å². The Hall–Kier alpha value is -2.65. The minimum absolute atomic E-state index is 0.0408. The van der Waals surface area contributed by atoms with Gasteiger partial charge in [-0.05, 0) is 20.3 Å². The van der Waals surface area contributed by atoms with Crippen molar-refractivity contribution in [2.45, 2.75) is 38.5 Å². The van der Waals surface area contributed by atoms with E-state index in [-0.39, 0.29) is 17.8 Å². The third-order valence-electron chi connectivity index (χ3n) is 4.13. The van der Waals surface area contributed by atoms with E-state index in [1.54, 1.807) is 11.8 Å². The summed E-state index contributed by atoms with van der Waals surface area (Å²) in [6.07, 6.45) is -0.436. The molecular formula is C15H17F3N6O. The van der Waals surface area contributed by atoms with Gasteiger partial charge >= 0.3 is 6.18 Å². The van der Waals surface area contributed by atoms with Crippen molar-refractivity contribution in [1.29, 1.82) is 0 Å². The Bertz CT molecular complexity index is 775. The number of nitrogens with one attached hydrogen (secondary N) is 1. The van der Waals surface area contributed by atoms with E-state index in [1.807, 2.05) is 6.92 Å². The molecule has 1 fully saturated rings. The van der Waals surface area contributed by atoms with Crippen molar-refractivity contribution in [2.75, 3.05) is 11.9 Å². The van der Waals surface area contributed by atoms with E-state index >= 15 is 0 Å². The summed E-state index contributed by atoms with van der Waals surface area (Å²) >= 11 is 0. The van der Waals surface area contributed by atoms with Crippen LogP contribution in [0.25, 0.3) is 5.82 Å². The first kappa shape index (κ1) is 17.2. The minimum Gasteiger partial charge on any atom is -0.358 e. The molecule has 0 radical (unpaired) electrons. The van der Waals surface area contributed by atoms with Crippen LogP contribution in [0.5, 0.6) is 0 Å². The Morgan fingerprint density at radius 3 is 2.68 bits per heavy atom. The molecule has 2 atom stereocenters. The van der Waals surface area contributed by atoms with E-state index in [0.29, 0.717) is 5.82 Å². The molecule has 0 aliphatic carbocycles. The van der Waals surface area contributed by atoms with Gasteiger partial charge in [-0.25, -0.2) is 15.0 Å². The van der Waals surface area contributed by atoms with Gasteiger partial charge in [0.15, 0.2) is 5.69 Å². The summed E-state index contributed by atoms with van der Waals surface area (Å²) in [7, 11) is 0. The van der Waals surface area contributed by atoms with Gasteiger partial charge in [0.25, 0.3) is 0 Å². The molecule has 3 heterocycles. The maximum Gasteiger partial charge on any atom is 0.434 e. The Balaban J connectivity index is 1.73. The predicted octanol–water partition coefficient (Wildman–Crippen LogP) is 2.10. The Morgan fingerprint density at radius 1 is 1.36 bits per heavy atom. The first-order valence-electron chi connectivity index (χ1n) is 7.76. The number of amides is 1. The lowest BCUT2D eigenvalue weighted by Crippen LogP contribution is -2.53. The molecule has 0 aromatic carbocycles. The quantitative estimate of drug-likeness (QED) is 0.910. The number of anilines is 1. The van der Waals surface area contributed by atoms with Gasteiger partial charge in [0, 0.05) is 24.8 Å². The van der Waals surface area contributed by atoms with E-state index < -0.39 is 17.9 Å². The molecule has 134 valence electrons. The number of aromatic nitrogens is 4. The van der Waals surface area contributed by atoms with Crippen LogP contribution in [-0.4, -0.2) is 49.0 Å². The number of halogens is 3. The summed E-state index contributed by atoms with van der Waals surface area (Å²) in [5.41, 5.74) is -1.00. The number of rotatable bonds is 4. The number of alkyl halides is 3. The highest BCUT2D eigenvalue weighted by atomic mass is 19.4. The van der Waals surface area contributed by atoms with Gasteiger partial charge in [-0.3, -0.25) is 9.36 Å². The fourth-order valence-corrected chi connectivity index (χ4v) is 2.54. The zero-order valence-electron chi connectivity index (χ0n) is 13.7. The summed E-state index contributed by atoms with van der Waals surface area (Å²) in [6, 6.07) is 1.19. The molecule has 0 bridgehead atoms. The van der Waals surface area contributed by atoms with Crippen molar-refractivity contribution in [3.05, 3.63) is 30.6 Å². The lowest BCUT2D eigenvalue weighted by Gasteiger charge is -2.40. The van der Waals surface area contributed by atoms with Crippen LogP contribution >= 0.6 is 0 Å². The van der Waals surface area contributed by atoms with Gasteiger partial charge < -0.3 is 10.2 Å². The van der Waals surface area contributed by atoms with Crippen molar-refractivity contribution in [2.24, 2.45) is 0 Å². The van der Waals surface area contributed by atoms with Crippen molar-refractivity contribution in [3.63, 3.8) is 0 Å². The van der Waals surface area contributed by atoms with E-state index in [4.69, 9.17) is 0 Å². The summed E-state index contributed by atoms with van der Waals surface area (Å²) in [5, 5.41) is 2.96. The van der Waals surface area contributed by atoms with E-state index in [1.165, 1.54) is 12.4 Å². The van der Waals surface area contributed by atoms with Gasteiger partial charge in [-0.15, -0.1) is 0 Å². The maximum absolute atomic E-state index is 12.6. The third-order valence-corrected chi connectivity index (χ3v) is 4.13. The van der Waals surface area contributed by atoms with Crippen molar-refractivity contribution < 1.29 is 18.0 Å². The van der Waals surface area contributed by atoms with Crippen molar-refractivity contribution in [1.82, 2.24) is 24.4 Å². The van der Waals surface area contributed by atoms with Crippen LogP contribution in [0.1, 0.15) is 26.0 Å². The van der Waals surface area contributed by atoms with Crippen LogP contribution in [0.3, 0.4) is 0 Å². The van der Waals surface area contributed by atoms with Gasteiger partial charge in [0.2, 0.25) is 5.91 Å². The average Bonchev–Trinajstić information content (AvgIpc) is 3.04. The van der Waals surface area contributed by atoms with Crippen LogP contribution in [0.15, 0.2) is 24.9 Å². The smallest absolute Gasteiger partial charge is 0.358 e. The van der Waals surface area contributed by atoms with Crippen LogP contribution in [-0.2, 0) is 11.0 Å². The Labute approximate surface area is 141 Å². The second kappa shape index (κ2) is 6.34. The average molecular weight is 354 g/mol. The number of hydrogen-bond acceptors (Lipinski definition) is 5. The van der Waals surface area contributed by atoms with Crippen molar-refractivity contribution in [3.8, 4) is 5.82 Å². The standard InChI is InChI=1S/C15H17F3N6O/c1-9-3-4-24(9)14(25)10(2)22-12-5-13(20-7-19-12)23-6-11(21-8-23)15(16,17)18/h5-10H,3-4H2,1-2H3,(H,19,20,22)/t9-,10+/m0/s1. The molecule has 2 aromatic rings. The molecule has 1 aliphatic rings. The molecule has 0 spiro atoms. The fourth-order valence-electron chi connectivity index (χ4n) is 2.54. The number of carbonyl (C=O) groups is 1. The molecule has 1 N–H and O–H groups in total. The molecule has 1 saturated heterocycles. The summed E-state index contributed by atoms with van der Waals surface area (Å²) in [4.78, 5) is 25.3. The van der Waals surface area contributed by atoms with Crippen LogP contribution < -0.4 is 5.32 Å². The maximum atomic E-state index is 12.6. The van der Waals surface area contributed by atoms with Crippen LogP contribution in [0, 0.1) is 0 Å². The molecule has 10 heteroatoms. The number of nitrogens with zero attached hydrogens (tertiary/aromatic N) is 5. The molecule has 1 aliphatic heterocycles. The molecule has 0 unspecified atom stereocenters. The topological polar surface area (TPSA) is 75.9 Å². The molecular weight excluding hydrogens is 337 g/mol. The van der Waals surface area contributed by atoms with E-state index in [2.05, 4.69) is 20.3 Å². The molecule has 1 amide bonds. The zero-order valence-corrected chi connectivity index (χ0v) is 13.7. The van der Waals surface area contributed by atoms with Gasteiger partial charge in [0.1, 0.15) is 30.3 Å². The zero-order chi connectivity index (χ0) is 18.2. The van der Waals surface area contributed by atoms with E-state index in [9.17, 15) is 18.0 Å². The van der Waals surface area contributed by atoms with Gasteiger partial charge in [-0.1, -0.05) is 0 Å². The fraction of sp³-hybridized carbons (Fsp3) is 0.467. The largest absolute Gasteiger partial charge is 0.434 e. The molecule has 2 aromatic heterocycles. The van der Waals surface area contributed by atoms with Crippen molar-refractivity contribution >= 4 is 11.7 Å². The second-order valence-corrected chi connectivity index (χ2v) is 5.96. The first-order valence-corrected chi connectivity index (χ1v) is 7.76. The number of hydrogen-bond donors (Lipinski definition) is 1. The molecule has 0 saturated carbocycles. The number of carbonyl (C=O) groups excluding carboxylic acids is 1. The molecule has 25 heavy (non-hydrogen) atoms. The summed E-state index contributed by atoms with van der Waals surface area (Å²) in [6.45, 7) is 4.43. The lowest BCUT2D eigenvalue weighted by atomic mass is 10.0. The van der Waals surface area contributed by atoms with Gasteiger partial charge in [0.05, 0.1) is 0 Å². The second-order valence-electron chi connectivity index (χ2n) is 5.96. The lowest BCUT2D eigenvalue weighted by molar-refractivity contribution is -0.141. The Kier molecular flexibility index (Phi) is 4.36. The third kappa shape index (κ3) is 3.57. The normalized spacial score (nSPS) is 18.6. The highest BCUT2D eigenvalue weighted by Gasteiger charge is 2.34. The Morgan fingerprint density at radius 2 is 2.12 bits per heavy atom. The number of likely N-dealkylation sites (tertiary alicyclic amines) is 1. The SMILES string of the molecule is C[C@@H](Nc1cc(-n2cnc(C(F)(F)F)c2)ncn1)C(=O)N1CC[C@@H]1C. The minimum atomic E-state index is -4.52. The first-order chi connectivity index (χ1) is 11.8. The highest BCUT2D eigenvalue weighted by molar-refractivity contribution is 5.85. The molecule has 7 nitrogen and oxygen atoms in total. The summed E-state index contributed by atoms with van der Waals surface area (Å²) < 4.78 is 39.1. The number of imidazole rings is 1.